The molecule has 0 saturated heterocycles. The van der Waals surface area contributed by atoms with E-state index in [9.17, 15) is 4.79 Å². The molecule has 0 aliphatic heterocycles. The third-order valence-electron chi connectivity index (χ3n) is 2.86. The van der Waals surface area contributed by atoms with Crippen LogP contribution in [0.2, 0.25) is 0 Å². The topological polar surface area (TPSA) is 37.3 Å². The van der Waals surface area contributed by atoms with Crippen molar-refractivity contribution in [3.63, 3.8) is 0 Å². The Balaban J connectivity index is 1.98. The standard InChI is InChI=1S/C11H14O2S/c12-11(13)10-6-9(7-14-10)5-8-3-1-2-4-8/h6-8H,1-5H2,(H,12,13). The Hall–Kier alpha value is -0.830. The van der Waals surface area contributed by atoms with Gasteiger partial charge in [-0.25, -0.2) is 4.79 Å². The summed E-state index contributed by atoms with van der Waals surface area (Å²) in [7, 11) is 0. The fraction of sp³-hybridized carbons (Fsp3) is 0.545. The van der Waals surface area contributed by atoms with E-state index >= 15 is 0 Å². The van der Waals surface area contributed by atoms with Crippen LogP contribution in [0.25, 0.3) is 0 Å². The Morgan fingerprint density at radius 2 is 2.21 bits per heavy atom. The normalized spacial score (nSPS) is 17.4. The second-order valence-corrected chi connectivity index (χ2v) is 4.89. The average molecular weight is 210 g/mol. The van der Waals surface area contributed by atoms with E-state index in [0.29, 0.717) is 4.88 Å². The van der Waals surface area contributed by atoms with E-state index < -0.39 is 5.97 Å². The van der Waals surface area contributed by atoms with E-state index in [1.54, 1.807) is 0 Å². The van der Waals surface area contributed by atoms with Crippen molar-refractivity contribution in [2.24, 2.45) is 5.92 Å². The largest absolute Gasteiger partial charge is 0.477 e. The summed E-state index contributed by atoms with van der Waals surface area (Å²) in [5, 5.41) is 10.8. The van der Waals surface area contributed by atoms with Gasteiger partial charge >= 0.3 is 5.97 Å². The molecule has 1 fully saturated rings. The zero-order chi connectivity index (χ0) is 9.97. The smallest absolute Gasteiger partial charge is 0.345 e. The lowest BCUT2D eigenvalue weighted by molar-refractivity contribution is 0.0702. The fourth-order valence-electron chi connectivity index (χ4n) is 2.14. The number of rotatable bonds is 3. The highest BCUT2D eigenvalue weighted by Crippen LogP contribution is 2.29. The molecular weight excluding hydrogens is 196 g/mol. The van der Waals surface area contributed by atoms with Crippen molar-refractivity contribution in [2.45, 2.75) is 32.1 Å². The molecule has 1 heterocycles. The van der Waals surface area contributed by atoms with Gasteiger partial charge in [-0.3, -0.25) is 0 Å². The molecule has 76 valence electrons. The molecule has 0 spiro atoms. The van der Waals surface area contributed by atoms with E-state index in [0.717, 1.165) is 12.3 Å². The van der Waals surface area contributed by atoms with Crippen LogP contribution in [0, 0.1) is 5.92 Å². The summed E-state index contributed by atoms with van der Waals surface area (Å²) < 4.78 is 0. The highest BCUT2D eigenvalue weighted by molar-refractivity contribution is 7.12. The summed E-state index contributed by atoms with van der Waals surface area (Å²) in [6.07, 6.45) is 6.40. The van der Waals surface area contributed by atoms with Crippen LogP contribution < -0.4 is 0 Å². The predicted molar refractivity (Wildman–Crippen MR) is 56.9 cm³/mol. The predicted octanol–water partition coefficient (Wildman–Crippen LogP) is 3.18. The first kappa shape index (κ1) is 9.71. The summed E-state index contributed by atoms with van der Waals surface area (Å²) in [5.74, 6) is -0.00100. The molecule has 1 N–H and O–H groups in total. The molecule has 0 amide bonds. The van der Waals surface area contributed by atoms with Gasteiger partial charge in [0.15, 0.2) is 0 Å². The highest BCUT2D eigenvalue weighted by Gasteiger charge is 2.16. The van der Waals surface area contributed by atoms with Gasteiger partial charge in [0.25, 0.3) is 0 Å². The minimum absolute atomic E-state index is 0.470. The first-order valence-electron chi connectivity index (χ1n) is 5.06. The van der Waals surface area contributed by atoms with Gasteiger partial charge < -0.3 is 5.11 Å². The van der Waals surface area contributed by atoms with Crippen LogP contribution in [0.5, 0.6) is 0 Å². The van der Waals surface area contributed by atoms with Crippen molar-refractivity contribution < 1.29 is 9.90 Å². The van der Waals surface area contributed by atoms with Crippen molar-refractivity contribution in [1.82, 2.24) is 0 Å². The molecule has 0 bridgehead atoms. The van der Waals surface area contributed by atoms with Gasteiger partial charge in [0, 0.05) is 0 Å². The van der Waals surface area contributed by atoms with Crippen LogP contribution in [-0.2, 0) is 6.42 Å². The first-order valence-corrected chi connectivity index (χ1v) is 5.94. The monoisotopic (exact) mass is 210 g/mol. The van der Waals surface area contributed by atoms with E-state index in [2.05, 4.69) is 0 Å². The van der Waals surface area contributed by atoms with Crippen LogP contribution in [0.15, 0.2) is 11.4 Å². The molecular formula is C11H14O2S. The summed E-state index contributed by atoms with van der Waals surface area (Å²) in [5.41, 5.74) is 1.21. The Bertz CT molecular complexity index is 324. The van der Waals surface area contributed by atoms with Gasteiger partial charge in [-0.05, 0) is 29.3 Å². The molecule has 3 heteroatoms. The Kier molecular flexibility index (Phi) is 2.87. The van der Waals surface area contributed by atoms with Crippen molar-refractivity contribution in [2.75, 3.05) is 0 Å². The van der Waals surface area contributed by atoms with Gasteiger partial charge in [-0.15, -0.1) is 11.3 Å². The number of carbonyl (C=O) groups is 1. The number of hydrogen-bond acceptors (Lipinski definition) is 2. The van der Waals surface area contributed by atoms with Gasteiger partial charge in [-0.2, -0.15) is 0 Å². The lowest BCUT2D eigenvalue weighted by Gasteiger charge is -2.05. The Labute approximate surface area is 87.6 Å². The van der Waals surface area contributed by atoms with E-state index in [-0.39, 0.29) is 0 Å². The van der Waals surface area contributed by atoms with Crippen LogP contribution in [-0.4, -0.2) is 11.1 Å². The number of hydrogen-bond donors (Lipinski definition) is 1. The zero-order valence-electron chi connectivity index (χ0n) is 8.03. The lowest BCUT2D eigenvalue weighted by Crippen LogP contribution is -1.97. The molecule has 1 aromatic rings. The van der Waals surface area contributed by atoms with Crippen LogP contribution in [0.1, 0.15) is 40.9 Å². The minimum atomic E-state index is -0.798. The Morgan fingerprint density at radius 1 is 1.50 bits per heavy atom. The van der Waals surface area contributed by atoms with Gasteiger partial charge in [0.1, 0.15) is 4.88 Å². The third-order valence-corrected chi connectivity index (χ3v) is 3.83. The highest BCUT2D eigenvalue weighted by atomic mass is 32.1. The van der Waals surface area contributed by atoms with Gasteiger partial charge in [0.05, 0.1) is 0 Å². The summed E-state index contributed by atoms with van der Waals surface area (Å²) in [4.78, 5) is 11.1. The van der Waals surface area contributed by atoms with Crippen LogP contribution in [0.4, 0.5) is 0 Å². The molecule has 1 saturated carbocycles. The van der Waals surface area contributed by atoms with Crippen molar-refractivity contribution in [3.8, 4) is 0 Å². The third kappa shape index (κ3) is 2.15. The zero-order valence-corrected chi connectivity index (χ0v) is 8.85. The van der Waals surface area contributed by atoms with Crippen LogP contribution in [0.3, 0.4) is 0 Å². The molecule has 2 nitrogen and oxygen atoms in total. The lowest BCUT2D eigenvalue weighted by atomic mass is 10.00. The quantitative estimate of drug-likeness (QED) is 0.832. The van der Waals surface area contributed by atoms with E-state index in [1.807, 2.05) is 11.4 Å². The SMILES string of the molecule is O=C(O)c1cc(CC2CCCC2)cs1. The first-order chi connectivity index (χ1) is 6.75. The maximum atomic E-state index is 10.7. The number of thiophene rings is 1. The van der Waals surface area contributed by atoms with E-state index in [1.165, 1.54) is 42.6 Å². The summed E-state index contributed by atoms with van der Waals surface area (Å²) in [6, 6.07) is 1.82. The molecule has 1 aliphatic carbocycles. The summed E-state index contributed by atoms with van der Waals surface area (Å²) in [6.45, 7) is 0. The van der Waals surface area contributed by atoms with Crippen molar-refractivity contribution >= 4 is 17.3 Å². The molecule has 0 unspecified atom stereocenters. The van der Waals surface area contributed by atoms with Gasteiger partial charge in [0.2, 0.25) is 0 Å². The van der Waals surface area contributed by atoms with Crippen molar-refractivity contribution in [3.05, 3.63) is 21.9 Å². The molecule has 1 aliphatic rings. The molecule has 0 atom stereocenters. The maximum Gasteiger partial charge on any atom is 0.345 e. The maximum absolute atomic E-state index is 10.7. The number of carboxylic acid groups (broad SMARTS) is 1. The average Bonchev–Trinajstić information content (AvgIpc) is 2.75. The molecule has 0 aromatic carbocycles. The van der Waals surface area contributed by atoms with Crippen molar-refractivity contribution in [1.29, 1.82) is 0 Å². The number of carboxylic acids is 1. The summed E-state index contributed by atoms with van der Waals surface area (Å²) >= 11 is 1.34. The van der Waals surface area contributed by atoms with Gasteiger partial charge in [-0.1, -0.05) is 25.7 Å². The second-order valence-electron chi connectivity index (χ2n) is 3.98. The second kappa shape index (κ2) is 4.13. The minimum Gasteiger partial charge on any atom is -0.477 e. The van der Waals surface area contributed by atoms with Crippen LogP contribution >= 0.6 is 11.3 Å². The number of aromatic carboxylic acids is 1. The molecule has 0 radical (unpaired) electrons. The molecule has 1 aromatic heterocycles. The van der Waals surface area contributed by atoms with E-state index in [4.69, 9.17) is 5.11 Å². The molecule has 2 rings (SSSR count). The Morgan fingerprint density at radius 3 is 2.79 bits per heavy atom. The molecule has 14 heavy (non-hydrogen) atoms. The fourth-order valence-corrected chi connectivity index (χ4v) is 2.91.